The molecule has 1 amide bonds. The quantitative estimate of drug-likeness (QED) is 0.535. The van der Waals surface area contributed by atoms with Gasteiger partial charge >= 0.3 is 0 Å². The van der Waals surface area contributed by atoms with Crippen molar-refractivity contribution in [1.82, 2.24) is 4.72 Å². The Hall–Kier alpha value is -1.78. The largest absolute Gasteiger partial charge is 0.389 e. The molecule has 2 atom stereocenters. The lowest BCUT2D eigenvalue weighted by Crippen LogP contribution is -2.52. The van der Waals surface area contributed by atoms with Crippen LogP contribution in [-0.4, -0.2) is 31.1 Å². The molecule has 1 fully saturated rings. The second-order valence-electron chi connectivity index (χ2n) is 7.63. The van der Waals surface area contributed by atoms with Gasteiger partial charge in [0.1, 0.15) is 4.90 Å². The predicted molar refractivity (Wildman–Crippen MR) is 114 cm³/mol. The normalized spacial score (nSPS) is 21.7. The Morgan fingerprint density at radius 1 is 1.16 bits per heavy atom. The number of carbonyl (C=O) groups excluding carboxylic acids is 1. The van der Waals surface area contributed by atoms with Crippen molar-refractivity contribution in [2.75, 3.05) is 5.32 Å². The first-order valence-corrected chi connectivity index (χ1v) is 11.6. The van der Waals surface area contributed by atoms with Gasteiger partial charge in [0.15, 0.2) is 11.6 Å². The van der Waals surface area contributed by atoms with E-state index in [2.05, 4.69) is 10.0 Å². The standard InChI is InChI=1S/C20H20Cl2F2N2O4S/c1-20(28)7-3-2-4-17(20)26-31(29,30)16-8-11(5-6-13(16)21)19(27)25-12-9-14(22)18(24)15(23)10-12/h5-6,8-10,17,26,28H,2-4,7H2,1H3,(H,25,27). The van der Waals surface area contributed by atoms with Crippen LogP contribution in [-0.2, 0) is 10.0 Å². The first-order valence-electron chi connectivity index (χ1n) is 9.41. The zero-order chi connectivity index (χ0) is 23.0. The van der Waals surface area contributed by atoms with Gasteiger partial charge in [0.05, 0.1) is 21.7 Å². The Balaban J connectivity index is 1.86. The zero-order valence-corrected chi connectivity index (χ0v) is 18.7. The van der Waals surface area contributed by atoms with Crippen molar-refractivity contribution in [3.8, 4) is 0 Å². The van der Waals surface area contributed by atoms with Gasteiger partial charge in [0.2, 0.25) is 10.0 Å². The molecule has 2 aromatic rings. The number of hydrogen-bond donors (Lipinski definition) is 3. The maximum absolute atomic E-state index is 13.5. The fraction of sp³-hybridized carbons (Fsp3) is 0.350. The number of sulfonamides is 1. The van der Waals surface area contributed by atoms with Gasteiger partial charge in [-0.05, 0) is 44.0 Å². The molecule has 2 aromatic carbocycles. The molecule has 0 aromatic heterocycles. The molecule has 0 bridgehead atoms. The molecule has 1 aliphatic carbocycles. The monoisotopic (exact) mass is 492 g/mol. The van der Waals surface area contributed by atoms with Crippen molar-refractivity contribution in [3.63, 3.8) is 0 Å². The maximum atomic E-state index is 13.5. The van der Waals surface area contributed by atoms with Gasteiger partial charge in [-0.1, -0.05) is 36.0 Å². The molecule has 168 valence electrons. The van der Waals surface area contributed by atoms with E-state index >= 15 is 0 Å². The average molecular weight is 493 g/mol. The highest BCUT2D eigenvalue weighted by atomic mass is 35.5. The lowest BCUT2D eigenvalue weighted by Gasteiger charge is -2.37. The molecule has 6 nitrogen and oxygen atoms in total. The summed E-state index contributed by atoms with van der Waals surface area (Å²) in [5.74, 6) is -3.27. The molecular formula is C20H20Cl2F2N2O4S. The summed E-state index contributed by atoms with van der Waals surface area (Å²) >= 11 is 11.6. The fourth-order valence-electron chi connectivity index (χ4n) is 3.43. The molecule has 1 saturated carbocycles. The van der Waals surface area contributed by atoms with Crippen molar-refractivity contribution < 1.29 is 27.1 Å². The molecule has 0 radical (unpaired) electrons. The average Bonchev–Trinajstić information content (AvgIpc) is 2.67. The minimum Gasteiger partial charge on any atom is -0.389 e. The van der Waals surface area contributed by atoms with Crippen molar-refractivity contribution in [1.29, 1.82) is 0 Å². The molecule has 3 rings (SSSR count). The van der Waals surface area contributed by atoms with Gasteiger partial charge in [-0.3, -0.25) is 4.79 Å². The van der Waals surface area contributed by atoms with Crippen molar-refractivity contribution >= 4 is 44.8 Å². The summed E-state index contributed by atoms with van der Waals surface area (Å²) in [5, 5.41) is 12.2. The summed E-state index contributed by atoms with van der Waals surface area (Å²) in [7, 11) is -4.16. The Morgan fingerprint density at radius 2 is 1.87 bits per heavy atom. The highest BCUT2D eigenvalue weighted by molar-refractivity contribution is 7.89. The molecule has 31 heavy (non-hydrogen) atoms. The third kappa shape index (κ3) is 5.35. The number of anilines is 1. The number of carbonyl (C=O) groups is 1. The van der Waals surface area contributed by atoms with E-state index in [-0.39, 0.29) is 21.2 Å². The Bertz CT molecular complexity index is 1100. The van der Waals surface area contributed by atoms with Gasteiger partial charge in [-0.15, -0.1) is 0 Å². The maximum Gasteiger partial charge on any atom is 0.255 e. The summed E-state index contributed by atoms with van der Waals surface area (Å²) in [4.78, 5) is 12.2. The van der Waals surface area contributed by atoms with Crippen LogP contribution in [0, 0.1) is 11.6 Å². The van der Waals surface area contributed by atoms with E-state index in [1.165, 1.54) is 12.1 Å². The second kappa shape index (κ2) is 8.99. The van der Waals surface area contributed by atoms with E-state index in [1.807, 2.05) is 0 Å². The van der Waals surface area contributed by atoms with E-state index in [9.17, 15) is 27.1 Å². The third-order valence-electron chi connectivity index (χ3n) is 5.20. The van der Waals surface area contributed by atoms with Crippen molar-refractivity contribution in [2.45, 2.75) is 49.1 Å². The Kier molecular flexibility index (Phi) is 6.93. The fourth-order valence-corrected chi connectivity index (χ4v) is 5.54. The minimum absolute atomic E-state index is 0.0824. The lowest BCUT2D eigenvalue weighted by atomic mass is 9.82. The van der Waals surface area contributed by atoms with Crippen LogP contribution in [0.1, 0.15) is 43.0 Å². The molecule has 11 heteroatoms. The summed E-state index contributed by atoms with van der Waals surface area (Å²) in [6.45, 7) is 1.57. The predicted octanol–water partition coefficient (Wildman–Crippen LogP) is 4.50. The number of rotatable bonds is 5. The first-order chi connectivity index (χ1) is 14.4. The number of hydrogen-bond acceptors (Lipinski definition) is 4. The van der Waals surface area contributed by atoms with Crippen LogP contribution in [0.3, 0.4) is 0 Å². The van der Waals surface area contributed by atoms with E-state index < -0.39 is 44.2 Å². The molecule has 1 aliphatic rings. The highest BCUT2D eigenvalue weighted by Crippen LogP contribution is 2.31. The zero-order valence-electron chi connectivity index (χ0n) is 16.4. The molecule has 2 unspecified atom stereocenters. The van der Waals surface area contributed by atoms with E-state index in [4.69, 9.17) is 23.2 Å². The van der Waals surface area contributed by atoms with Crippen molar-refractivity contribution in [2.24, 2.45) is 0 Å². The molecule has 0 spiro atoms. The second-order valence-corrected chi connectivity index (χ2v) is 10.1. The minimum atomic E-state index is -4.16. The number of amides is 1. The smallest absolute Gasteiger partial charge is 0.255 e. The Morgan fingerprint density at radius 3 is 2.52 bits per heavy atom. The van der Waals surface area contributed by atoms with Crippen LogP contribution in [0.4, 0.5) is 14.5 Å². The van der Waals surface area contributed by atoms with Crippen LogP contribution >= 0.6 is 23.2 Å². The van der Waals surface area contributed by atoms with Crippen LogP contribution in [0.25, 0.3) is 0 Å². The van der Waals surface area contributed by atoms with E-state index in [0.717, 1.165) is 31.0 Å². The molecule has 0 saturated heterocycles. The molecule has 3 N–H and O–H groups in total. The van der Waals surface area contributed by atoms with E-state index in [1.54, 1.807) is 6.92 Å². The van der Waals surface area contributed by atoms with Gasteiger partial charge in [-0.25, -0.2) is 21.9 Å². The van der Waals surface area contributed by atoms with Gasteiger partial charge < -0.3 is 10.4 Å². The summed E-state index contributed by atoms with van der Waals surface area (Å²) in [5.41, 5.74) is -1.40. The molecular weight excluding hydrogens is 473 g/mol. The van der Waals surface area contributed by atoms with Crippen LogP contribution in [0.2, 0.25) is 10.0 Å². The van der Waals surface area contributed by atoms with Gasteiger partial charge in [0, 0.05) is 17.3 Å². The summed E-state index contributed by atoms with van der Waals surface area (Å²) in [6.07, 6.45) is 2.46. The van der Waals surface area contributed by atoms with Crippen LogP contribution in [0.5, 0.6) is 0 Å². The number of aliphatic hydroxyl groups is 1. The summed E-state index contributed by atoms with van der Waals surface area (Å²) < 4.78 is 55.2. The number of nitrogens with one attached hydrogen (secondary N) is 2. The Labute approximate surface area is 188 Å². The third-order valence-corrected chi connectivity index (χ3v) is 7.43. The summed E-state index contributed by atoms with van der Waals surface area (Å²) in [6, 6.07) is 4.66. The highest BCUT2D eigenvalue weighted by Gasteiger charge is 2.37. The van der Waals surface area contributed by atoms with Crippen molar-refractivity contribution in [3.05, 3.63) is 57.6 Å². The van der Waals surface area contributed by atoms with Gasteiger partial charge in [-0.2, -0.15) is 0 Å². The first kappa shape index (κ1) is 23.9. The molecule has 0 aliphatic heterocycles. The van der Waals surface area contributed by atoms with Crippen LogP contribution in [0.15, 0.2) is 35.2 Å². The lowest BCUT2D eigenvalue weighted by molar-refractivity contribution is -0.00220. The van der Waals surface area contributed by atoms with Gasteiger partial charge in [0.25, 0.3) is 5.91 Å². The molecule has 0 heterocycles. The number of benzene rings is 2. The van der Waals surface area contributed by atoms with Crippen LogP contribution < -0.4 is 10.0 Å². The number of halogens is 4. The van der Waals surface area contributed by atoms with E-state index in [0.29, 0.717) is 12.8 Å². The topological polar surface area (TPSA) is 95.5 Å². The SMILES string of the molecule is CC1(O)CCCCC1NS(=O)(=O)c1cc(C(=O)Nc2cc(F)c(F)c(Cl)c2)ccc1Cl.